The fourth-order valence-electron chi connectivity index (χ4n) is 7.81. The Morgan fingerprint density at radius 3 is 1.83 bits per heavy atom. The number of nitrogens with zero attached hydrogens (tertiary/aromatic N) is 3. The van der Waals surface area contributed by atoms with Gasteiger partial charge in [0.15, 0.2) is 11.9 Å². The molecular weight excluding hydrogens is 975 g/mol. The predicted octanol–water partition coefficient (Wildman–Crippen LogP) is -3.76. The zero-order valence-electron chi connectivity index (χ0n) is 42.6. The number of aliphatic hydroxyl groups is 1. The number of phenols is 1. The second-order valence-corrected chi connectivity index (χ2v) is 18.5. The van der Waals surface area contributed by atoms with Gasteiger partial charge in [-0.1, -0.05) is 56.3 Å². The van der Waals surface area contributed by atoms with Gasteiger partial charge in [-0.3, -0.25) is 53.1 Å². The first-order valence-electron chi connectivity index (χ1n) is 24.8. The van der Waals surface area contributed by atoms with Crippen LogP contribution in [0, 0.1) is 5.92 Å². The molecule has 6 atom stereocenters. The third-order valence-corrected chi connectivity index (χ3v) is 11.7. The van der Waals surface area contributed by atoms with Crippen molar-refractivity contribution in [3.8, 4) is 5.75 Å². The lowest BCUT2D eigenvalue weighted by Crippen LogP contribution is -2.60. The van der Waals surface area contributed by atoms with Crippen molar-refractivity contribution in [1.82, 2.24) is 42.1 Å². The molecule has 26 nitrogen and oxygen atoms in total. The van der Waals surface area contributed by atoms with Crippen LogP contribution in [-0.4, -0.2) is 156 Å². The number of primary amides is 1. The van der Waals surface area contributed by atoms with Crippen molar-refractivity contribution in [3.05, 3.63) is 65.7 Å². The largest absolute Gasteiger partial charge is 0.508 e. The molecule has 412 valence electrons. The molecule has 2 aromatic carbocycles. The average molecular weight is 1050 g/mol. The minimum Gasteiger partial charge on any atom is -0.508 e. The number of carbonyl (C=O) groups is 9. The number of hydrogen-bond acceptors (Lipinski definition) is 13. The van der Waals surface area contributed by atoms with Crippen LogP contribution >= 0.6 is 0 Å². The van der Waals surface area contributed by atoms with Crippen LogP contribution in [0.4, 0.5) is 0 Å². The van der Waals surface area contributed by atoms with Crippen LogP contribution in [0.5, 0.6) is 5.75 Å². The summed E-state index contributed by atoms with van der Waals surface area (Å²) in [5.41, 5.74) is 28.5. The molecule has 1 saturated heterocycles. The molecule has 0 aromatic heterocycles. The molecule has 2 aromatic rings. The molecule has 1 heterocycles. The topological polar surface area (TPSA) is 436 Å². The molecule has 0 bridgehead atoms. The minimum atomic E-state index is -1.69. The maximum atomic E-state index is 14.5. The second kappa shape index (κ2) is 32.2. The number of carbonyl (C=O) groups excluding carboxylic acids is 9. The van der Waals surface area contributed by atoms with E-state index in [4.69, 9.17) is 28.7 Å². The van der Waals surface area contributed by atoms with Gasteiger partial charge in [-0.15, -0.1) is 0 Å². The van der Waals surface area contributed by atoms with Gasteiger partial charge in [-0.2, -0.15) is 0 Å². The molecule has 0 spiro atoms. The van der Waals surface area contributed by atoms with Crippen LogP contribution < -0.4 is 65.9 Å². The molecule has 9 amide bonds. The van der Waals surface area contributed by atoms with E-state index in [9.17, 15) is 53.4 Å². The summed E-state index contributed by atoms with van der Waals surface area (Å²) in [4.78, 5) is 132. The van der Waals surface area contributed by atoms with Gasteiger partial charge >= 0.3 is 0 Å². The second-order valence-electron chi connectivity index (χ2n) is 18.5. The van der Waals surface area contributed by atoms with E-state index in [0.29, 0.717) is 11.1 Å². The van der Waals surface area contributed by atoms with Crippen molar-refractivity contribution in [2.45, 2.75) is 121 Å². The number of guanidine groups is 2. The lowest BCUT2D eigenvalue weighted by atomic mass is 10.0. The lowest BCUT2D eigenvalue weighted by molar-refractivity contribution is -0.141. The average Bonchev–Trinajstić information content (AvgIpc) is 3.35. The number of phenolic OH excluding ortho intramolecular Hbond substituents is 1. The van der Waals surface area contributed by atoms with Crippen molar-refractivity contribution in [2.75, 3.05) is 39.3 Å². The van der Waals surface area contributed by atoms with Crippen LogP contribution in [0.2, 0.25) is 0 Å². The van der Waals surface area contributed by atoms with Gasteiger partial charge in [0.1, 0.15) is 42.0 Å². The van der Waals surface area contributed by atoms with Crippen LogP contribution in [-0.2, 0) is 56.0 Å². The number of rotatable bonds is 21. The first kappa shape index (κ1) is 61.3. The van der Waals surface area contributed by atoms with E-state index in [0.717, 1.165) is 4.90 Å². The van der Waals surface area contributed by atoms with Gasteiger partial charge in [0.25, 0.3) is 0 Å². The van der Waals surface area contributed by atoms with E-state index in [1.807, 2.05) is 13.8 Å². The summed E-state index contributed by atoms with van der Waals surface area (Å²) in [7, 11) is 0. The number of aliphatic hydroxyl groups excluding tert-OH is 1. The van der Waals surface area contributed by atoms with E-state index in [1.165, 1.54) is 24.3 Å². The highest BCUT2D eigenvalue weighted by molar-refractivity contribution is 5.97. The van der Waals surface area contributed by atoms with E-state index in [2.05, 4.69) is 47.2 Å². The Hall–Kier alpha value is -8.03. The number of nitrogens with one attached hydrogen (secondary N) is 7. The summed E-state index contributed by atoms with van der Waals surface area (Å²) >= 11 is 0. The Labute approximate surface area is 435 Å². The van der Waals surface area contributed by atoms with E-state index >= 15 is 0 Å². The Morgan fingerprint density at radius 2 is 1.25 bits per heavy atom. The molecule has 1 aliphatic heterocycles. The number of hydrogen-bond donors (Lipinski definition) is 14. The molecule has 0 radical (unpaired) electrons. The molecule has 19 N–H and O–H groups in total. The summed E-state index contributed by atoms with van der Waals surface area (Å²) in [5.74, 6) is -7.56. The van der Waals surface area contributed by atoms with Crippen molar-refractivity contribution >= 4 is 65.1 Å². The van der Waals surface area contributed by atoms with Crippen molar-refractivity contribution in [2.24, 2.45) is 44.6 Å². The van der Waals surface area contributed by atoms with Gasteiger partial charge in [0, 0.05) is 51.9 Å². The third-order valence-electron chi connectivity index (χ3n) is 11.7. The third kappa shape index (κ3) is 23.6. The summed E-state index contributed by atoms with van der Waals surface area (Å²) in [6, 6.07) is 6.17. The molecule has 26 heteroatoms. The SMILES string of the molecule is CC(C)C[C@H](NC(=O)[C@H](CCCN=C(N)N)NC(=O)CN1CCCCNC(=O)CCC(=O)N[C@@H](CCCN=C(N)N)C(=O)N[C@@H](Cc2ccc(O)cc2)C(=O)N[C@@H](Cc2ccccc2)C(=O)N[C@@H](CO)C1=O)C(N)=O. The Kier molecular flexibility index (Phi) is 26.3. The Bertz CT molecular complexity index is 2290. The predicted molar refractivity (Wildman–Crippen MR) is 277 cm³/mol. The molecule has 3 rings (SSSR count). The summed E-state index contributed by atoms with van der Waals surface area (Å²) in [5, 5.41) is 39.1. The van der Waals surface area contributed by atoms with Gasteiger partial charge in [-0.25, -0.2) is 0 Å². The summed E-state index contributed by atoms with van der Waals surface area (Å²) < 4.78 is 0. The van der Waals surface area contributed by atoms with Crippen molar-refractivity contribution in [1.29, 1.82) is 0 Å². The van der Waals surface area contributed by atoms with Gasteiger partial charge in [-0.05, 0) is 74.1 Å². The summed E-state index contributed by atoms with van der Waals surface area (Å²) in [6.45, 7) is 2.08. The molecular formula is C49H75N15O11. The van der Waals surface area contributed by atoms with Crippen LogP contribution in [0.3, 0.4) is 0 Å². The molecule has 75 heavy (non-hydrogen) atoms. The fourth-order valence-corrected chi connectivity index (χ4v) is 7.81. The smallest absolute Gasteiger partial charge is 0.248 e. The highest BCUT2D eigenvalue weighted by Crippen LogP contribution is 2.14. The van der Waals surface area contributed by atoms with Crippen LogP contribution in [0.25, 0.3) is 0 Å². The number of aromatic hydroxyl groups is 1. The number of amides is 9. The molecule has 0 saturated carbocycles. The highest BCUT2D eigenvalue weighted by atomic mass is 16.3. The Morgan fingerprint density at radius 1 is 0.693 bits per heavy atom. The maximum Gasteiger partial charge on any atom is 0.248 e. The van der Waals surface area contributed by atoms with Crippen molar-refractivity contribution in [3.63, 3.8) is 0 Å². The maximum absolute atomic E-state index is 14.5. The van der Waals surface area contributed by atoms with E-state index in [-0.39, 0.29) is 120 Å². The summed E-state index contributed by atoms with van der Waals surface area (Å²) in [6.07, 6.45) is 0.102. The highest BCUT2D eigenvalue weighted by Gasteiger charge is 2.34. The zero-order valence-corrected chi connectivity index (χ0v) is 42.6. The number of nitrogens with two attached hydrogens (primary N) is 5. The Balaban J connectivity index is 2.04. The standard InChI is InChI=1S/C49H75N15O11/c1-29(2)24-35(42(50)70)60-43(71)34(13-9-22-57-49(53)54)59-41(69)27-64-23-7-6-20-55-39(67)18-19-40(68)58-33(12-8-21-56-48(51)52)44(72)61-37(26-31-14-16-32(66)17-15-31)45(73)62-36(25-30-10-4-3-5-11-30)46(74)63-38(28-65)47(64)75/h3-5,10-11,14-17,29,33-38,65-66H,6-9,12-13,18-28H2,1-2H3,(H2,50,70)(H,55,67)(H,58,68)(H,59,69)(H,60,71)(H,61,72)(H,62,73)(H,63,74)(H4,51,52,56)(H4,53,54,57)/t33-,34-,35-,36-,37-,38-/m0/s1. The van der Waals surface area contributed by atoms with Crippen LogP contribution in [0.1, 0.15) is 82.8 Å². The first-order chi connectivity index (χ1) is 35.6. The van der Waals surface area contributed by atoms with E-state index < -0.39 is 103 Å². The monoisotopic (exact) mass is 1050 g/mol. The quantitative estimate of drug-likeness (QED) is 0.0324. The molecule has 0 aliphatic carbocycles. The van der Waals surface area contributed by atoms with Gasteiger partial charge in [0.2, 0.25) is 53.2 Å². The minimum absolute atomic E-state index is 0.00875. The zero-order chi connectivity index (χ0) is 55.5. The fraction of sp³-hybridized carbons (Fsp3) is 0.531. The molecule has 0 unspecified atom stereocenters. The first-order valence-corrected chi connectivity index (χ1v) is 24.8. The van der Waals surface area contributed by atoms with Gasteiger partial charge < -0.3 is 81.0 Å². The normalized spacial score (nSPS) is 19.5. The molecule has 1 aliphatic rings. The van der Waals surface area contributed by atoms with Gasteiger partial charge in [0.05, 0.1) is 13.2 Å². The van der Waals surface area contributed by atoms with Crippen molar-refractivity contribution < 1.29 is 53.4 Å². The van der Waals surface area contributed by atoms with E-state index in [1.54, 1.807) is 30.3 Å². The van der Waals surface area contributed by atoms with Crippen LogP contribution in [0.15, 0.2) is 64.6 Å². The number of benzene rings is 2. The molecule has 1 fully saturated rings. The lowest BCUT2D eigenvalue weighted by Gasteiger charge is -2.29. The number of aliphatic imine (C=N–C) groups is 2.